The molecular weight excluding hydrogens is 132 g/mol. The van der Waals surface area contributed by atoms with Crippen LogP contribution >= 0.6 is 0 Å². The van der Waals surface area contributed by atoms with Gasteiger partial charge in [0, 0.05) is 0 Å². The molecule has 0 heterocycles. The van der Waals surface area contributed by atoms with Gasteiger partial charge in [0.05, 0.1) is 6.61 Å². The van der Waals surface area contributed by atoms with Crippen LogP contribution in [-0.2, 0) is 9.53 Å². The van der Waals surface area contributed by atoms with Gasteiger partial charge in [0.2, 0.25) is 0 Å². The van der Waals surface area contributed by atoms with E-state index in [1.165, 1.54) is 0 Å². The van der Waals surface area contributed by atoms with Crippen molar-refractivity contribution < 1.29 is 14.6 Å². The molecule has 56 valence electrons. The monoisotopic (exact) mass is 142 g/mol. The molecule has 0 atom stereocenters. The predicted molar refractivity (Wildman–Crippen MR) is 36.1 cm³/mol. The Balaban J connectivity index is 3.39. The largest absolute Gasteiger partial charge is 0.465 e. The molecule has 3 nitrogen and oxygen atoms in total. The summed E-state index contributed by atoms with van der Waals surface area (Å²) in [7, 11) is 0. The summed E-state index contributed by atoms with van der Waals surface area (Å²) >= 11 is 0. The molecule has 0 aliphatic rings. The van der Waals surface area contributed by atoms with Gasteiger partial charge in [-0.1, -0.05) is 11.8 Å². The average Bonchev–Trinajstić information content (AvgIpc) is 1.89. The molecular formula is C7H10O3. The first kappa shape index (κ1) is 8.99. The first-order chi connectivity index (χ1) is 4.81. The van der Waals surface area contributed by atoms with Crippen LogP contribution in [0.3, 0.4) is 0 Å². The third-order valence-electron chi connectivity index (χ3n) is 0.742. The number of carbonyl (C=O) groups excluding carboxylic acids is 1. The summed E-state index contributed by atoms with van der Waals surface area (Å²) in [5.74, 6) is 4.44. The van der Waals surface area contributed by atoms with Crippen LogP contribution in [0.1, 0.15) is 13.3 Å². The van der Waals surface area contributed by atoms with Crippen molar-refractivity contribution in [3.05, 3.63) is 0 Å². The van der Waals surface area contributed by atoms with Crippen molar-refractivity contribution in [1.29, 1.82) is 0 Å². The van der Waals surface area contributed by atoms with Crippen molar-refractivity contribution in [3.8, 4) is 11.8 Å². The highest BCUT2D eigenvalue weighted by Gasteiger charge is 1.94. The van der Waals surface area contributed by atoms with Crippen molar-refractivity contribution in [3.63, 3.8) is 0 Å². The summed E-state index contributed by atoms with van der Waals surface area (Å²) in [4.78, 5) is 10.5. The molecule has 0 unspecified atom stereocenters. The van der Waals surface area contributed by atoms with Crippen molar-refractivity contribution in [1.82, 2.24) is 0 Å². The zero-order chi connectivity index (χ0) is 7.82. The van der Waals surface area contributed by atoms with Gasteiger partial charge < -0.3 is 9.84 Å². The van der Waals surface area contributed by atoms with Crippen LogP contribution in [0.5, 0.6) is 0 Å². The minimum atomic E-state index is -0.344. The second-order valence-electron chi connectivity index (χ2n) is 1.49. The molecule has 0 aromatic rings. The van der Waals surface area contributed by atoms with Crippen molar-refractivity contribution >= 4 is 5.97 Å². The lowest BCUT2D eigenvalue weighted by Gasteiger charge is -1.94. The number of hydrogen-bond donors (Lipinski definition) is 1. The Bertz CT molecular complexity index is 152. The SMILES string of the molecule is CCOC(=O)CC#CCO. The molecule has 0 bridgehead atoms. The van der Waals surface area contributed by atoms with E-state index in [1.807, 2.05) is 0 Å². The Morgan fingerprint density at radius 2 is 2.30 bits per heavy atom. The van der Waals surface area contributed by atoms with Gasteiger partial charge in [-0.25, -0.2) is 0 Å². The number of rotatable bonds is 2. The summed E-state index contributed by atoms with van der Waals surface area (Å²) in [5, 5.41) is 8.18. The first-order valence-corrected chi connectivity index (χ1v) is 3.03. The van der Waals surface area contributed by atoms with Crippen molar-refractivity contribution in [2.45, 2.75) is 13.3 Å². The second kappa shape index (κ2) is 6.12. The van der Waals surface area contributed by atoms with Gasteiger partial charge in [0.25, 0.3) is 0 Å². The van der Waals surface area contributed by atoms with Gasteiger partial charge in [0.1, 0.15) is 13.0 Å². The minimum absolute atomic E-state index is 0.0639. The number of carbonyl (C=O) groups is 1. The highest BCUT2D eigenvalue weighted by Crippen LogP contribution is 1.82. The summed E-state index contributed by atoms with van der Waals surface area (Å²) in [5.41, 5.74) is 0. The summed E-state index contributed by atoms with van der Waals surface area (Å²) in [6.07, 6.45) is 0.0639. The van der Waals surface area contributed by atoms with E-state index in [2.05, 4.69) is 16.6 Å². The Hall–Kier alpha value is -1.01. The number of ether oxygens (including phenoxy) is 1. The number of hydrogen-bond acceptors (Lipinski definition) is 3. The van der Waals surface area contributed by atoms with Gasteiger partial charge in [-0.3, -0.25) is 4.79 Å². The van der Waals surface area contributed by atoms with Gasteiger partial charge in [-0.2, -0.15) is 0 Å². The van der Waals surface area contributed by atoms with Gasteiger partial charge in [-0.05, 0) is 6.92 Å². The van der Waals surface area contributed by atoms with E-state index in [4.69, 9.17) is 5.11 Å². The molecule has 3 heteroatoms. The maximum atomic E-state index is 10.5. The van der Waals surface area contributed by atoms with E-state index >= 15 is 0 Å². The Morgan fingerprint density at radius 3 is 2.80 bits per heavy atom. The Kier molecular flexibility index (Phi) is 5.50. The minimum Gasteiger partial charge on any atom is -0.465 e. The fourth-order valence-corrected chi connectivity index (χ4v) is 0.403. The molecule has 10 heavy (non-hydrogen) atoms. The average molecular weight is 142 g/mol. The smallest absolute Gasteiger partial charge is 0.317 e. The molecule has 0 saturated heterocycles. The highest BCUT2D eigenvalue weighted by molar-refractivity contribution is 5.72. The zero-order valence-corrected chi connectivity index (χ0v) is 5.89. The molecule has 0 aliphatic carbocycles. The fraction of sp³-hybridized carbons (Fsp3) is 0.571. The Morgan fingerprint density at radius 1 is 1.60 bits per heavy atom. The van der Waals surface area contributed by atoms with Crippen molar-refractivity contribution in [2.75, 3.05) is 13.2 Å². The van der Waals surface area contributed by atoms with E-state index in [-0.39, 0.29) is 19.0 Å². The summed E-state index contributed by atoms with van der Waals surface area (Å²) in [6.45, 7) is 1.90. The van der Waals surface area contributed by atoms with Gasteiger partial charge >= 0.3 is 5.97 Å². The number of aliphatic hydroxyl groups excluding tert-OH is 1. The maximum Gasteiger partial charge on any atom is 0.317 e. The van der Waals surface area contributed by atoms with Crippen LogP contribution in [0, 0.1) is 11.8 Å². The van der Waals surface area contributed by atoms with E-state index < -0.39 is 0 Å². The van der Waals surface area contributed by atoms with Crippen LogP contribution in [0.4, 0.5) is 0 Å². The topological polar surface area (TPSA) is 46.5 Å². The molecule has 0 aromatic carbocycles. The van der Waals surface area contributed by atoms with Crippen LogP contribution < -0.4 is 0 Å². The molecule has 0 fully saturated rings. The van der Waals surface area contributed by atoms with Crippen molar-refractivity contribution in [2.24, 2.45) is 0 Å². The quantitative estimate of drug-likeness (QED) is 0.434. The van der Waals surface area contributed by atoms with Crippen LogP contribution in [0.25, 0.3) is 0 Å². The molecule has 0 aromatic heterocycles. The lowest BCUT2D eigenvalue weighted by molar-refractivity contribution is -0.141. The fourth-order valence-electron chi connectivity index (χ4n) is 0.403. The van der Waals surface area contributed by atoms with Crippen LogP contribution in [-0.4, -0.2) is 24.3 Å². The molecule has 1 N–H and O–H groups in total. The van der Waals surface area contributed by atoms with Gasteiger partial charge in [0.15, 0.2) is 0 Å². The molecule has 0 saturated carbocycles. The number of esters is 1. The first-order valence-electron chi connectivity index (χ1n) is 3.03. The van der Waals surface area contributed by atoms with E-state index in [0.29, 0.717) is 6.61 Å². The molecule has 0 amide bonds. The lowest BCUT2D eigenvalue weighted by atomic mass is 10.4. The third kappa shape index (κ3) is 5.13. The Labute approximate surface area is 60.0 Å². The second-order valence-corrected chi connectivity index (χ2v) is 1.49. The zero-order valence-electron chi connectivity index (χ0n) is 5.89. The molecule has 0 aliphatic heterocycles. The maximum absolute atomic E-state index is 10.5. The molecule has 0 radical (unpaired) electrons. The van der Waals surface area contributed by atoms with Crippen LogP contribution in [0.15, 0.2) is 0 Å². The normalized spacial score (nSPS) is 7.80. The van der Waals surface area contributed by atoms with E-state index in [1.54, 1.807) is 6.92 Å². The molecule has 0 rings (SSSR count). The number of aliphatic hydroxyl groups is 1. The van der Waals surface area contributed by atoms with E-state index in [0.717, 1.165) is 0 Å². The highest BCUT2D eigenvalue weighted by atomic mass is 16.5. The summed E-state index contributed by atoms with van der Waals surface area (Å²) < 4.78 is 4.57. The van der Waals surface area contributed by atoms with Gasteiger partial charge in [-0.15, -0.1) is 0 Å². The van der Waals surface area contributed by atoms with E-state index in [9.17, 15) is 4.79 Å². The standard InChI is InChI=1S/C7H10O3/c1-2-10-7(9)5-3-4-6-8/h8H,2,5-6H2,1H3. The third-order valence-corrected chi connectivity index (χ3v) is 0.742. The predicted octanol–water partition coefficient (Wildman–Crippen LogP) is -0.0647. The molecule has 0 spiro atoms. The lowest BCUT2D eigenvalue weighted by Crippen LogP contribution is -2.01. The van der Waals surface area contributed by atoms with Crippen LogP contribution in [0.2, 0.25) is 0 Å². The summed E-state index contributed by atoms with van der Waals surface area (Å²) in [6, 6.07) is 0.